The highest BCUT2D eigenvalue weighted by molar-refractivity contribution is 7.12. The number of rotatable bonds is 4. The molecule has 0 aliphatic heterocycles. The molecule has 6 nitrogen and oxygen atoms in total. The summed E-state index contributed by atoms with van der Waals surface area (Å²) in [5.74, 6) is -0.218. The molecular weight excluding hydrogens is 336 g/mol. The molecule has 0 spiro atoms. The van der Waals surface area contributed by atoms with Gasteiger partial charge in [0.15, 0.2) is 5.65 Å². The monoisotopic (exact) mass is 358 g/mol. The highest BCUT2D eigenvalue weighted by atomic mass is 32.1. The Morgan fingerprint density at radius 2 is 2.04 bits per heavy atom. The van der Waals surface area contributed by atoms with E-state index in [1.807, 2.05) is 24.6 Å². The number of thiophene rings is 1. The van der Waals surface area contributed by atoms with Gasteiger partial charge in [-0.25, -0.2) is 14.7 Å². The highest BCUT2D eigenvalue weighted by Gasteiger charge is 2.21. The van der Waals surface area contributed by atoms with E-state index in [0.717, 1.165) is 16.6 Å². The molecular formula is C18H22N4O2S. The second kappa shape index (κ2) is 6.57. The highest BCUT2D eigenvalue weighted by Crippen LogP contribution is 2.32. The third-order valence-electron chi connectivity index (χ3n) is 4.16. The molecule has 3 heterocycles. The van der Waals surface area contributed by atoms with E-state index in [1.165, 1.54) is 21.9 Å². The van der Waals surface area contributed by atoms with Gasteiger partial charge in [-0.15, -0.1) is 11.3 Å². The molecule has 3 aromatic rings. The zero-order chi connectivity index (χ0) is 18.3. The van der Waals surface area contributed by atoms with Gasteiger partial charge in [-0.05, 0) is 39.8 Å². The van der Waals surface area contributed by atoms with Crippen molar-refractivity contribution in [3.63, 3.8) is 0 Å². The van der Waals surface area contributed by atoms with Gasteiger partial charge in [-0.3, -0.25) is 9.63 Å². The predicted octanol–water partition coefficient (Wildman–Crippen LogP) is 3.99. The SMILES string of the molecule is CON(C)C(=O)c1cc(-c2cc(C)sc2C)nc2c1cnn2C(C)C. The van der Waals surface area contributed by atoms with Crippen LogP contribution < -0.4 is 0 Å². The van der Waals surface area contributed by atoms with Crippen LogP contribution in [0.2, 0.25) is 0 Å². The van der Waals surface area contributed by atoms with E-state index in [4.69, 9.17) is 9.82 Å². The summed E-state index contributed by atoms with van der Waals surface area (Å²) in [6, 6.07) is 4.09. The molecule has 0 aliphatic carbocycles. The van der Waals surface area contributed by atoms with Crippen molar-refractivity contribution in [1.29, 1.82) is 0 Å². The number of aromatic nitrogens is 3. The van der Waals surface area contributed by atoms with Crippen LogP contribution in [0.25, 0.3) is 22.3 Å². The largest absolute Gasteiger partial charge is 0.278 e. The van der Waals surface area contributed by atoms with Gasteiger partial charge in [0.25, 0.3) is 5.91 Å². The number of hydrogen-bond acceptors (Lipinski definition) is 5. The quantitative estimate of drug-likeness (QED) is 0.662. The second-order valence-electron chi connectivity index (χ2n) is 6.29. The third kappa shape index (κ3) is 3.05. The average molecular weight is 358 g/mol. The average Bonchev–Trinajstić information content (AvgIpc) is 3.15. The summed E-state index contributed by atoms with van der Waals surface area (Å²) in [6.07, 6.45) is 1.70. The molecule has 132 valence electrons. The molecule has 3 aromatic heterocycles. The van der Waals surface area contributed by atoms with Crippen molar-refractivity contribution < 1.29 is 9.63 Å². The lowest BCUT2D eigenvalue weighted by atomic mass is 10.1. The van der Waals surface area contributed by atoms with Crippen LogP contribution in [-0.4, -0.2) is 39.9 Å². The minimum Gasteiger partial charge on any atom is -0.274 e. The number of carbonyl (C=O) groups is 1. The van der Waals surface area contributed by atoms with Gasteiger partial charge in [0.05, 0.1) is 30.0 Å². The second-order valence-corrected chi connectivity index (χ2v) is 7.75. The lowest BCUT2D eigenvalue weighted by Gasteiger charge is -2.15. The Balaban J connectivity index is 2.30. The van der Waals surface area contributed by atoms with Gasteiger partial charge in [-0.1, -0.05) is 0 Å². The van der Waals surface area contributed by atoms with E-state index in [-0.39, 0.29) is 11.9 Å². The number of fused-ring (bicyclic) bond motifs is 1. The zero-order valence-corrected chi connectivity index (χ0v) is 16.1. The molecule has 7 heteroatoms. The summed E-state index contributed by atoms with van der Waals surface area (Å²) >= 11 is 1.72. The smallest absolute Gasteiger partial charge is 0.274 e. The number of carbonyl (C=O) groups excluding carboxylic acids is 1. The number of amides is 1. The van der Waals surface area contributed by atoms with Crippen molar-refractivity contribution in [3.8, 4) is 11.3 Å². The molecule has 0 saturated heterocycles. The van der Waals surface area contributed by atoms with E-state index < -0.39 is 0 Å². The molecule has 0 saturated carbocycles. The fourth-order valence-electron chi connectivity index (χ4n) is 2.85. The lowest BCUT2D eigenvalue weighted by molar-refractivity contribution is -0.0755. The molecule has 0 aliphatic rings. The van der Waals surface area contributed by atoms with Crippen LogP contribution in [0.15, 0.2) is 18.3 Å². The van der Waals surface area contributed by atoms with Gasteiger partial charge in [0.1, 0.15) is 0 Å². The molecule has 1 amide bonds. The van der Waals surface area contributed by atoms with Crippen LogP contribution in [0.5, 0.6) is 0 Å². The normalized spacial score (nSPS) is 11.5. The van der Waals surface area contributed by atoms with Crippen LogP contribution in [-0.2, 0) is 4.84 Å². The summed E-state index contributed by atoms with van der Waals surface area (Å²) in [5, 5.41) is 6.38. The number of nitrogens with zero attached hydrogens (tertiary/aromatic N) is 4. The summed E-state index contributed by atoms with van der Waals surface area (Å²) < 4.78 is 1.84. The lowest BCUT2D eigenvalue weighted by Crippen LogP contribution is -2.25. The first-order valence-electron chi connectivity index (χ1n) is 8.11. The number of pyridine rings is 1. The Bertz CT molecular complexity index is 942. The number of hydroxylamine groups is 2. The minimum atomic E-state index is -0.218. The van der Waals surface area contributed by atoms with E-state index in [0.29, 0.717) is 11.2 Å². The van der Waals surface area contributed by atoms with Gasteiger partial charge >= 0.3 is 0 Å². The molecule has 0 aromatic carbocycles. The fraction of sp³-hybridized carbons (Fsp3) is 0.389. The maximum atomic E-state index is 12.8. The van der Waals surface area contributed by atoms with Crippen molar-refractivity contribution in [2.24, 2.45) is 0 Å². The standard InChI is InChI=1S/C18H22N4O2S/c1-10(2)22-17-15(9-19-22)14(18(23)21(5)24-6)8-16(20-17)13-7-11(3)25-12(13)4/h7-10H,1-6H3. The summed E-state index contributed by atoms with van der Waals surface area (Å²) in [6.45, 7) is 8.23. The summed E-state index contributed by atoms with van der Waals surface area (Å²) in [5.41, 5.74) is 3.09. The zero-order valence-electron chi connectivity index (χ0n) is 15.3. The molecule has 0 radical (unpaired) electrons. The van der Waals surface area contributed by atoms with Crippen LogP contribution in [0.4, 0.5) is 0 Å². The third-order valence-corrected chi connectivity index (χ3v) is 5.13. The van der Waals surface area contributed by atoms with Crippen LogP contribution in [0, 0.1) is 13.8 Å². The molecule has 3 rings (SSSR count). The first-order chi connectivity index (χ1) is 11.8. The van der Waals surface area contributed by atoms with Gasteiger partial charge in [-0.2, -0.15) is 5.10 Å². The number of hydrogen-bond donors (Lipinski definition) is 0. The van der Waals surface area contributed by atoms with Crippen LogP contribution in [0.3, 0.4) is 0 Å². The Hall–Kier alpha value is -2.25. The maximum absolute atomic E-state index is 12.8. The molecule has 0 N–H and O–H groups in total. The van der Waals surface area contributed by atoms with Crippen LogP contribution in [0.1, 0.15) is 40.0 Å². The Morgan fingerprint density at radius 1 is 1.32 bits per heavy atom. The Labute approximate surface area is 151 Å². The van der Waals surface area contributed by atoms with Crippen molar-refractivity contribution in [1.82, 2.24) is 19.8 Å². The van der Waals surface area contributed by atoms with E-state index in [9.17, 15) is 4.79 Å². The molecule has 0 bridgehead atoms. The van der Waals surface area contributed by atoms with Gasteiger partial charge < -0.3 is 0 Å². The molecule has 0 atom stereocenters. The summed E-state index contributed by atoms with van der Waals surface area (Å²) in [7, 11) is 3.07. The summed E-state index contributed by atoms with van der Waals surface area (Å²) in [4.78, 5) is 25.1. The van der Waals surface area contributed by atoms with Crippen molar-refractivity contribution in [2.75, 3.05) is 14.2 Å². The predicted molar refractivity (Wildman–Crippen MR) is 99.8 cm³/mol. The topological polar surface area (TPSA) is 60.2 Å². The Morgan fingerprint density at radius 3 is 2.60 bits per heavy atom. The number of aryl methyl sites for hydroxylation is 2. The van der Waals surface area contributed by atoms with Gasteiger partial charge in [0, 0.05) is 28.4 Å². The minimum absolute atomic E-state index is 0.147. The molecule has 25 heavy (non-hydrogen) atoms. The van der Waals surface area contributed by atoms with E-state index in [2.05, 4.69) is 25.0 Å². The van der Waals surface area contributed by atoms with Crippen molar-refractivity contribution in [3.05, 3.63) is 33.6 Å². The van der Waals surface area contributed by atoms with Crippen molar-refractivity contribution in [2.45, 2.75) is 33.7 Å². The first kappa shape index (κ1) is 17.6. The van der Waals surface area contributed by atoms with E-state index in [1.54, 1.807) is 24.6 Å². The molecule has 0 fully saturated rings. The van der Waals surface area contributed by atoms with E-state index >= 15 is 0 Å². The van der Waals surface area contributed by atoms with Crippen LogP contribution >= 0.6 is 11.3 Å². The van der Waals surface area contributed by atoms with Gasteiger partial charge in [0.2, 0.25) is 0 Å². The molecule has 0 unspecified atom stereocenters. The first-order valence-corrected chi connectivity index (χ1v) is 8.93. The van der Waals surface area contributed by atoms with Crippen molar-refractivity contribution >= 4 is 28.3 Å². The maximum Gasteiger partial charge on any atom is 0.278 e. The Kier molecular flexibility index (Phi) is 4.62. The fourth-order valence-corrected chi connectivity index (χ4v) is 3.78.